The van der Waals surface area contributed by atoms with Crippen LogP contribution in [0.4, 0.5) is 0 Å². The third-order valence-electron chi connectivity index (χ3n) is 10.2. The summed E-state index contributed by atoms with van der Waals surface area (Å²) in [6.07, 6.45) is 13.7. The van der Waals surface area contributed by atoms with Crippen molar-refractivity contribution in [2.45, 2.75) is 98.0 Å². The largest absolute Gasteiger partial charge is 0.469 e. The van der Waals surface area contributed by atoms with Crippen molar-refractivity contribution in [3.8, 4) is 0 Å². The molecule has 0 aromatic rings. The number of rotatable bonds is 5. The van der Waals surface area contributed by atoms with Crippen molar-refractivity contribution >= 4 is 11.9 Å². The van der Waals surface area contributed by atoms with Crippen molar-refractivity contribution in [2.75, 3.05) is 7.11 Å². The van der Waals surface area contributed by atoms with E-state index in [1.807, 2.05) is 0 Å². The molecule has 0 aromatic heterocycles. The number of ether oxygens (including phenoxy) is 2. The molecule has 31 heavy (non-hydrogen) atoms. The molecule has 4 nitrogen and oxygen atoms in total. The van der Waals surface area contributed by atoms with Gasteiger partial charge in [-0.15, -0.1) is 0 Å². The Morgan fingerprint density at radius 2 is 1.90 bits per heavy atom. The molecule has 4 aliphatic carbocycles. The number of methoxy groups -OCH3 is 1. The van der Waals surface area contributed by atoms with Crippen LogP contribution in [0.25, 0.3) is 0 Å². The van der Waals surface area contributed by atoms with Gasteiger partial charge in [-0.25, -0.2) is 0 Å². The maximum absolute atomic E-state index is 11.7. The third kappa shape index (κ3) is 3.97. The first kappa shape index (κ1) is 22.9. The van der Waals surface area contributed by atoms with Crippen molar-refractivity contribution in [2.24, 2.45) is 40.4 Å². The number of carbonyl (C=O) groups excluding carboxylic acids is 2. The van der Waals surface area contributed by atoms with Crippen molar-refractivity contribution < 1.29 is 19.1 Å². The summed E-state index contributed by atoms with van der Waals surface area (Å²) in [5.74, 6) is 3.45. The average molecular weight is 431 g/mol. The predicted octanol–water partition coefficient (Wildman–Crippen LogP) is 6.09. The Bertz CT molecular complexity index is 742. The van der Waals surface area contributed by atoms with Crippen molar-refractivity contribution in [3.63, 3.8) is 0 Å². The first-order chi connectivity index (χ1) is 14.7. The van der Waals surface area contributed by atoms with E-state index in [4.69, 9.17) is 9.47 Å². The third-order valence-corrected chi connectivity index (χ3v) is 10.2. The summed E-state index contributed by atoms with van der Waals surface area (Å²) in [6, 6.07) is 0. The molecule has 0 amide bonds. The molecule has 3 fully saturated rings. The SMILES string of the molecule is COC(=O)CC[C@H](C)[C@H]1CC[C@H]2[C@@H]3CC=C4C[C@H](OC(C)=O)CC[C@]4(C)[C@H]3CC[C@]12C. The molecule has 0 unspecified atom stereocenters. The number of fused-ring (bicyclic) bond motifs is 5. The fourth-order valence-corrected chi connectivity index (χ4v) is 8.59. The molecule has 0 saturated heterocycles. The van der Waals surface area contributed by atoms with Crippen molar-refractivity contribution in [3.05, 3.63) is 11.6 Å². The van der Waals surface area contributed by atoms with Gasteiger partial charge in [-0.2, -0.15) is 0 Å². The minimum Gasteiger partial charge on any atom is -0.469 e. The Kier molecular flexibility index (Phi) is 6.31. The second kappa shape index (κ2) is 8.56. The molecule has 174 valence electrons. The zero-order valence-electron chi connectivity index (χ0n) is 20.2. The van der Waals surface area contributed by atoms with E-state index < -0.39 is 0 Å². The summed E-state index contributed by atoms with van der Waals surface area (Å²) in [6.45, 7) is 8.97. The number of allylic oxidation sites excluding steroid dienone is 1. The first-order valence-electron chi connectivity index (χ1n) is 12.6. The Morgan fingerprint density at radius 3 is 2.61 bits per heavy atom. The minimum atomic E-state index is -0.144. The van der Waals surface area contributed by atoms with Gasteiger partial charge in [-0.3, -0.25) is 9.59 Å². The van der Waals surface area contributed by atoms with Gasteiger partial charge in [0.25, 0.3) is 0 Å². The summed E-state index contributed by atoms with van der Waals surface area (Å²) in [5, 5.41) is 0. The van der Waals surface area contributed by atoms with Crippen LogP contribution in [0.2, 0.25) is 0 Å². The molecule has 8 atom stereocenters. The van der Waals surface area contributed by atoms with Crippen LogP contribution in [0.3, 0.4) is 0 Å². The van der Waals surface area contributed by atoms with Crippen molar-refractivity contribution in [1.29, 1.82) is 0 Å². The molecule has 0 spiro atoms. The second-order valence-corrected chi connectivity index (χ2v) is 11.6. The van der Waals surface area contributed by atoms with E-state index in [-0.39, 0.29) is 23.5 Å². The lowest BCUT2D eigenvalue weighted by Crippen LogP contribution is -2.51. The summed E-state index contributed by atoms with van der Waals surface area (Å²) < 4.78 is 10.5. The highest BCUT2D eigenvalue weighted by Crippen LogP contribution is 2.67. The summed E-state index contributed by atoms with van der Waals surface area (Å²) in [7, 11) is 1.49. The smallest absolute Gasteiger partial charge is 0.305 e. The normalized spacial score (nSPS) is 42.5. The van der Waals surface area contributed by atoms with Crippen LogP contribution >= 0.6 is 0 Å². The second-order valence-electron chi connectivity index (χ2n) is 11.6. The maximum Gasteiger partial charge on any atom is 0.305 e. The van der Waals surface area contributed by atoms with Gasteiger partial charge in [0, 0.05) is 19.8 Å². The molecule has 4 rings (SSSR count). The van der Waals surface area contributed by atoms with Gasteiger partial charge in [-0.05, 0) is 91.8 Å². The quantitative estimate of drug-likeness (QED) is 0.391. The summed E-state index contributed by atoms with van der Waals surface area (Å²) in [4.78, 5) is 23.1. The van der Waals surface area contributed by atoms with Crippen LogP contribution in [0, 0.1) is 40.4 Å². The minimum absolute atomic E-state index is 0.0718. The standard InChI is InChI=1S/C27H42O4/c1-17(6-11-25(29)30-5)22-9-10-23-21-8-7-19-16-20(31-18(2)28)12-14-26(19,3)24(21)13-15-27(22,23)4/h7,17,20-24H,6,8-16H2,1-5H3/t17-,20+,21-,22+,23-,24-,26-,27+/m0/s1. The lowest BCUT2D eigenvalue weighted by Gasteiger charge is -2.58. The van der Waals surface area contributed by atoms with Gasteiger partial charge in [0.05, 0.1) is 7.11 Å². The number of hydrogen-bond donors (Lipinski definition) is 0. The molecule has 0 aromatic carbocycles. The molecule has 4 heteroatoms. The van der Waals surface area contributed by atoms with Crippen LogP contribution in [0.15, 0.2) is 11.6 Å². The van der Waals surface area contributed by atoms with Gasteiger partial charge < -0.3 is 9.47 Å². The monoisotopic (exact) mass is 430 g/mol. The highest BCUT2D eigenvalue weighted by Gasteiger charge is 2.59. The molecule has 3 saturated carbocycles. The molecule has 0 N–H and O–H groups in total. The van der Waals surface area contributed by atoms with Crippen LogP contribution in [-0.4, -0.2) is 25.2 Å². The van der Waals surface area contributed by atoms with E-state index in [2.05, 4.69) is 26.8 Å². The van der Waals surface area contributed by atoms with E-state index in [1.165, 1.54) is 46.1 Å². The van der Waals surface area contributed by atoms with Crippen LogP contribution < -0.4 is 0 Å². The lowest BCUT2D eigenvalue weighted by atomic mass is 9.47. The van der Waals surface area contributed by atoms with Gasteiger partial charge >= 0.3 is 11.9 Å². The van der Waals surface area contributed by atoms with Crippen LogP contribution in [0.1, 0.15) is 91.9 Å². The molecule has 0 bridgehead atoms. The van der Waals surface area contributed by atoms with E-state index in [0.717, 1.165) is 49.4 Å². The van der Waals surface area contributed by atoms with Crippen LogP contribution in [0.5, 0.6) is 0 Å². The summed E-state index contributed by atoms with van der Waals surface area (Å²) in [5.41, 5.74) is 2.26. The maximum atomic E-state index is 11.7. The zero-order chi connectivity index (χ0) is 22.4. The molecule has 0 heterocycles. The van der Waals surface area contributed by atoms with Gasteiger partial charge in [0.2, 0.25) is 0 Å². The lowest BCUT2D eigenvalue weighted by molar-refractivity contribution is -0.148. The summed E-state index contributed by atoms with van der Waals surface area (Å²) >= 11 is 0. The Morgan fingerprint density at radius 1 is 1.13 bits per heavy atom. The molecule has 4 aliphatic rings. The van der Waals surface area contributed by atoms with E-state index >= 15 is 0 Å². The van der Waals surface area contributed by atoms with Crippen molar-refractivity contribution in [1.82, 2.24) is 0 Å². The number of hydrogen-bond acceptors (Lipinski definition) is 4. The molecular formula is C27H42O4. The highest BCUT2D eigenvalue weighted by atomic mass is 16.5. The van der Waals surface area contributed by atoms with E-state index in [9.17, 15) is 9.59 Å². The van der Waals surface area contributed by atoms with Gasteiger partial charge in [-0.1, -0.05) is 32.4 Å². The van der Waals surface area contributed by atoms with E-state index in [1.54, 1.807) is 5.57 Å². The zero-order valence-corrected chi connectivity index (χ0v) is 20.2. The fourth-order valence-electron chi connectivity index (χ4n) is 8.59. The average Bonchev–Trinajstić information content (AvgIpc) is 3.09. The van der Waals surface area contributed by atoms with Crippen LogP contribution in [-0.2, 0) is 19.1 Å². The van der Waals surface area contributed by atoms with E-state index in [0.29, 0.717) is 17.8 Å². The Labute approximate surface area is 188 Å². The number of esters is 2. The van der Waals surface area contributed by atoms with Gasteiger partial charge in [0.1, 0.15) is 6.10 Å². The first-order valence-corrected chi connectivity index (χ1v) is 12.6. The molecule has 0 radical (unpaired) electrons. The predicted molar refractivity (Wildman–Crippen MR) is 121 cm³/mol. The Hall–Kier alpha value is -1.32. The topological polar surface area (TPSA) is 52.6 Å². The number of carbonyl (C=O) groups is 2. The molecule has 0 aliphatic heterocycles. The fraction of sp³-hybridized carbons (Fsp3) is 0.852. The Balaban J connectivity index is 1.48. The van der Waals surface area contributed by atoms with Gasteiger partial charge in [0.15, 0.2) is 0 Å². The molecular weight excluding hydrogens is 388 g/mol. The highest BCUT2D eigenvalue weighted by molar-refractivity contribution is 5.69.